The molecule has 1 aromatic rings. The number of carboxylic acids is 1. The fraction of sp³-hybridized carbons (Fsp3) is 0.267. The largest absolute Gasteiger partial charge is 0.504 e. The van der Waals surface area contributed by atoms with E-state index in [2.05, 4.69) is 0 Å². The van der Waals surface area contributed by atoms with Crippen LogP contribution in [0.2, 0.25) is 0 Å². The number of hydrogen-bond acceptors (Lipinski definition) is 6. The number of aliphatic carboxylic acids is 1. The first-order chi connectivity index (χ1) is 10.8. The molecule has 0 aromatic heterocycles. The number of benzene rings is 1. The maximum Gasteiger partial charge on any atom is 0.326 e. The maximum absolute atomic E-state index is 12.3. The van der Waals surface area contributed by atoms with E-state index in [9.17, 15) is 14.7 Å². The van der Waals surface area contributed by atoms with Gasteiger partial charge < -0.3 is 14.9 Å². The Bertz CT molecular complexity index is 701. The zero-order chi connectivity index (χ0) is 17.1. The van der Waals surface area contributed by atoms with Crippen LogP contribution in [0, 0.1) is 0 Å². The first kappa shape index (κ1) is 17.3. The van der Waals surface area contributed by atoms with E-state index >= 15 is 0 Å². The van der Waals surface area contributed by atoms with Crippen molar-refractivity contribution in [3.63, 3.8) is 0 Å². The molecule has 122 valence electrons. The normalized spacial score (nSPS) is 17.7. The van der Waals surface area contributed by atoms with Gasteiger partial charge in [0.05, 0.1) is 11.5 Å². The summed E-state index contributed by atoms with van der Waals surface area (Å²) in [5.41, 5.74) is 0.648. The third kappa shape index (κ3) is 3.65. The predicted molar refractivity (Wildman–Crippen MR) is 91.4 cm³/mol. The second-order valence-electron chi connectivity index (χ2n) is 4.73. The number of rotatable bonds is 5. The lowest BCUT2D eigenvalue weighted by molar-refractivity contribution is -0.144. The van der Waals surface area contributed by atoms with Crippen LogP contribution in [0.5, 0.6) is 11.5 Å². The van der Waals surface area contributed by atoms with Crippen LogP contribution in [0.3, 0.4) is 0 Å². The molecule has 2 N–H and O–H groups in total. The molecule has 1 aromatic carbocycles. The standard InChI is InChI=1S/C15H15NO5S2/c1-3-21-11-6-9(4-5-10(11)17)7-12-13(18)16(15(22)23-12)8(2)14(19)20/h4-8,17H,3H2,1-2H3,(H,19,20)/b12-7-. The van der Waals surface area contributed by atoms with E-state index in [-0.39, 0.29) is 10.1 Å². The van der Waals surface area contributed by atoms with Gasteiger partial charge in [0.25, 0.3) is 5.91 Å². The third-order valence-electron chi connectivity index (χ3n) is 3.15. The summed E-state index contributed by atoms with van der Waals surface area (Å²) in [4.78, 5) is 24.8. The summed E-state index contributed by atoms with van der Waals surface area (Å²) in [6.45, 7) is 3.60. The fourth-order valence-electron chi connectivity index (χ4n) is 1.97. The van der Waals surface area contributed by atoms with Gasteiger partial charge in [-0.2, -0.15) is 0 Å². The molecule has 1 fully saturated rings. The minimum atomic E-state index is -1.12. The van der Waals surface area contributed by atoms with Gasteiger partial charge in [0.2, 0.25) is 0 Å². The summed E-state index contributed by atoms with van der Waals surface area (Å²) < 4.78 is 5.50. The molecule has 0 spiro atoms. The molecule has 6 nitrogen and oxygen atoms in total. The van der Waals surface area contributed by atoms with E-state index in [1.54, 1.807) is 25.1 Å². The van der Waals surface area contributed by atoms with Gasteiger partial charge in [0, 0.05) is 0 Å². The Morgan fingerprint density at radius 2 is 2.22 bits per heavy atom. The highest BCUT2D eigenvalue weighted by Gasteiger charge is 2.38. The molecule has 8 heteroatoms. The number of aromatic hydroxyl groups is 1. The van der Waals surface area contributed by atoms with Crippen LogP contribution >= 0.6 is 24.0 Å². The Balaban J connectivity index is 2.31. The number of thioether (sulfide) groups is 1. The van der Waals surface area contributed by atoms with Crippen molar-refractivity contribution >= 4 is 46.3 Å². The monoisotopic (exact) mass is 353 g/mol. The van der Waals surface area contributed by atoms with Crippen LogP contribution < -0.4 is 4.74 Å². The number of carbonyl (C=O) groups is 2. The van der Waals surface area contributed by atoms with Crippen molar-refractivity contribution in [2.24, 2.45) is 0 Å². The van der Waals surface area contributed by atoms with Gasteiger partial charge in [-0.05, 0) is 37.6 Å². The van der Waals surface area contributed by atoms with E-state index < -0.39 is 17.9 Å². The number of thiocarbonyl (C=S) groups is 1. The van der Waals surface area contributed by atoms with Crippen molar-refractivity contribution < 1.29 is 24.5 Å². The molecule has 1 amide bonds. The molecular weight excluding hydrogens is 338 g/mol. The molecule has 1 unspecified atom stereocenters. The number of phenolic OH excluding ortho intramolecular Hbond substituents is 1. The van der Waals surface area contributed by atoms with Crippen LogP contribution in [0.1, 0.15) is 19.4 Å². The minimum absolute atomic E-state index is 0.0102. The van der Waals surface area contributed by atoms with Gasteiger partial charge in [-0.25, -0.2) is 4.79 Å². The highest BCUT2D eigenvalue weighted by atomic mass is 32.2. The quantitative estimate of drug-likeness (QED) is 0.621. The number of nitrogens with zero attached hydrogens (tertiary/aromatic N) is 1. The summed E-state index contributed by atoms with van der Waals surface area (Å²) in [6, 6.07) is 3.68. The Labute approximate surface area is 142 Å². The summed E-state index contributed by atoms with van der Waals surface area (Å²) in [5.74, 6) is -1.24. The minimum Gasteiger partial charge on any atom is -0.504 e. The Hall–Kier alpha value is -2.06. The van der Waals surface area contributed by atoms with E-state index in [1.807, 2.05) is 0 Å². The molecular formula is C15H15NO5S2. The molecule has 1 aliphatic heterocycles. The smallest absolute Gasteiger partial charge is 0.326 e. The van der Waals surface area contributed by atoms with Crippen molar-refractivity contribution in [1.82, 2.24) is 4.90 Å². The topological polar surface area (TPSA) is 87.1 Å². The average molecular weight is 353 g/mol. The fourth-order valence-corrected chi connectivity index (χ4v) is 3.39. The Morgan fingerprint density at radius 3 is 2.83 bits per heavy atom. The molecule has 1 heterocycles. The lowest BCUT2D eigenvalue weighted by atomic mass is 10.2. The van der Waals surface area contributed by atoms with Crippen molar-refractivity contribution in [1.29, 1.82) is 0 Å². The summed E-state index contributed by atoms with van der Waals surface area (Å²) in [7, 11) is 0. The summed E-state index contributed by atoms with van der Waals surface area (Å²) in [6.07, 6.45) is 1.59. The number of carbonyl (C=O) groups excluding carboxylic acids is 1. The summed E-state index contributed by atoms with van der Waals surface area (Å²) in [5, 5.41) is 18.7. The van der Waals surface area contributed by atoms with Crippen LogP contribution in [0.4, 0.5) is 0 Å². The number of hydrogen-bond donors (Lipinski definition) is 2. The molecule has 2 rings (SSSR count). The van der Waals surface area contributed by atoms with Gasteiger partial charge >= 0.3 is 5.97 Å². The van der Waals surface area contributed by atoms with Gasteiger partial charge in [-0.1, -0.05) is 30.0 Å². The van der Waals surface area contributed by atoms with Crippen molar-refractivity contribution in [2.45, 2.75) is 19.9 Å². The summed E-state index contributed by atoms with van der Waals surface area (Å²) >= 11 is 6.14. The number of amides is 1. The second-order valence-corrected chi connectivity index (χ2v) is 6.40. The third-order valence-corrected chi connectivity index (χ3v) is 4.48. The lowest BCUT2D eigenvalue weighted by Crippen LogP contribution is -2.41. The van der Waals surface area contributed by atoms with E-state index in [0.29, 0.717) is 22.8 Å². The molecule has 0 radical (unpaired) electrons. The van der Waals surface area contributed by atoms with E-state index in [4.69, 9.17) is 22.1 Å². The molecule has 0 bridgehead atoms. The maximum atomic E-state index is 12.3. The predicted octanol–water partition coefficient (Wildman–Crippen LogP) is 2.47. The SMILES string of the molecule is CCOc1cc(/C=C2\SC(=S)N(C(C)C(=O)O)C2=O)ccc1O. The van der Waals surface area contributed by atoms with Crippen molar-refractivity contribution in [2.75, 3.05) is 6.61 Å². The molecule has 0 saturated carbocycles. The van der Waals surface area contributed by atoms with Crippen molar-refractivity contribution in [3.05, 3.63) is 28.7 Å². The van der Waals surface area contributed by atoms with Crippen LogP contribution in [-0.4, -0.2) is 44.0 Å². The van der Waals surface area contributed by atoms with Crippen LogP contribution in [0.25, 0.3) is 6.08 Å². The van der Waals surface area contributed by atoms with Gasteiger partial charge in [0.15, 0.2) is 11.5 Å². The zero-order valence-corrected chi connectivity index (χ0v) is 14.1. The Morgan fingerprint density at radius 1 is 1.52 bits per heavy atom. The first-order valence-corrected chi connectivity index (χ1v) is 8.03. The highest BCUT2D eigenvalue weighted by molar-refractivity contribution is 8.26. The molecule has 1 atom stereocenters. The molecule has 23 heavy (non-hydrogen) atoms. The number of phenols is 1. The van der Waals surface area contributed by atoms with Gasteiger partial charge in [-0.3, -0.25) is 9.69 Å². The van der Waals surface area contributed by atoms with E-state index in [0.717, 1.165) is 16.7 Å². The number of carboxylic acid groups (broad SMARTS) is 1. The highest BCUT2D eigenvalue weighted by Crippen LogP contribution is 2.35. The van der Waals surface area contributed by atoms with Crippen LogP contribution in [-0.2, 0) is 9.59 Å². The van der Waals surface area contributed by atoms with Crippen molar-refractivity contribution in [3.8, 4) is 11.5 Å². The first-order valence-electron chi connectivity index (χ1n) is 6.80. The Kier molecular flexibility index (Phi) is 5.27. The molecule has 1 aliphatic rings. The second kappa shape index (κ2) is 7.01. The zero-order valence-electron chi connectivity index (χ0n) is 12.5. The lowest BCUT2D eigenvalue weighted by Gasteiger charge is -2.18. The van der Waals surface area contributed by atoms with Gasteiger partial charge in [0.1, 0.15) is 10.4 Å². The van der Waals surface area contributed by atoms with Crippen LogP contribution in [0.15, 0.2) is 23.1 Å². The molecule has 0 aliphatic carbocycles. The molecule has 1 saturated heterocycles. The average Bonchev–Trinajstić information content (AvgIpc) is 2.76. The number of ether oxygens (including phenoxy) is 1. The van der Waals surface area contributed by atoms with Gasteiger partial charge in [-0.15, -0.1) is 0 Å². The van der Waals surface area contributed by atoms with E-state index in [1.165, 1.54) is 13.0 Å².